The van der Waals surface area contributed by atoms with Crippen LogP contribution >= 0.6 is 0 Å². The number of nitrogen functional groups attached to an aromatic ring is 1. The van der Waals surface area contributed by atoms with E-state index < -0.39 is 0 Å². The van der Waals surface area contributed by atoms with E-state index in [2.05, 4.69) is 15.0 Å². The van der Waals surface area contributed by atoms with E-state index in [0.717, 1.165) is 30.9 Å². The van der Waals surface area contributed by atoms with Gasteiger partial charge in [0.05, 0.1) is 0 Å². The highest BCUT2D eigenvalue weighted by atomic mass is 16.5. The molecule has 90 valence electrons. The van der Waals surface area contributed by atoms with Crippen molar-refractivity contribution < 1.29 is 4.74 Å². The van der Waals surface area contributed by atoms with Gasteiger partial charge < -0.3 is 10.5 Å². The minimum Gasteiger partial charge on any atom is -0.382 e. The number of nitrogens with zero attached hydrogens (tertiary/aromatic N) is 4. The van der Waals surface area contributed by atoms with Crippen LogP contribution in [-0.2, 0) is 4.74 Å². The Morgan fingerprint density at radius 3 is 3.06 bits per heavy atom. The van der Waals surface area contributed by atoms with E-state index in [1.165, 1.54) is 12.7 Å². The first-order valence-electron chi connectivity index (χ1n) is 5.84. The molecule has 1 fully saturated rings. The number of hydrogen-bond acceptors (Lipinski definition) is 5. The van der Waals surface area contributed by atoms with E-state index in [-0.39, 0.29) is 6.23 Å². The van der Waals surface area contributed by atoms with E-state index in [9.17, 15) is 0 Å². The van der Waals surface area contributed by atoms with Gasteiger partial charge in [0.15, 0.2) is 17.0 Å². The topological polar surface area (TPSA) is 78.9 Å². The molecule has 3 heterocycles. The molecule has 0 radical (unpaired) electrons. The number of aromatic nitrogens is 4. The zero-order valence-corrected chi connectivity index (χ0v) is 9.76. The van der Waals surface area contributed by atoms with Crippen LogP contribution in [0.4, 0.5) is 5.82 Å². The van der Waals surface area contributed by atoms with Gasteiger partial charge in [-0.1, -0.05) is 0 Å². The molecule has 0 bridgehead atoms. The molecule has 1 aliphatic rings. The zero-order chi connectivity index (χ0) is 11.8. The summed E-state index contributed by atoms with van der Waals surface area (Å²) in [5.41, 5.74) is 7.23. The molecule has 6 heteroatoms. The van der Waals surface area contributed by atoms with Crippen LogP contribution in [0, 0.1) is 6.92 Å². The molecule has 3 rings (SSSR count). The Kier molecular flexibility index (Phi) is 2.44. The van der Waals surface area contributed by atoms with Crippen molar-refractivity contribution in [3.05, 3.63) is 12.2 Å². The van der Waals surface area contributed by atoms with Gasteiger partial charge in [-0.3, -0.25) is 4.57 Å². The van der Waals surface area contributed by atoms with Crippen molar-refractivity contribution in [2.45, 2.75) is 32.4 Å². The lowest BCUT2D eigenvalue weighted by atomic mass is 10.2. The molecule has 0 saturated carbocycles. The third kappa shape index (κ3) is 1.64. The Balaban J connectivity index is 2.14. The average molecular weight is 233 g/mol. The molecule has 2 N–H and O–H groups in total. The van der Waals surface area contributed by atoms with Crippen molar-refractivity contribution >= 4 is 17.0 Å². The summed E-state index contributed by atoms with van der Waals surface area (Å²) in [6.45, 7) is 2.74. The van der Waals surface area contributed by atoms with Gasteiger partial charge >= 0.3 is 0 Å². The highest BCUT2D eigenvalue weighted by Crippen LogP contribution is 2.28. The number of ether oxygens (including phenoxy) is 1. The normalized spacial score (nSPS) is 20.9. The zero-order valence-electron chi connectivity index (χ0n) is 9.76. The van der Waals surface area contributed by atoms with E-state index in [1.54, 1.807) is 0 Å². The van der Waals surface area contributed by atoms with Gasteiger partial charge in [0, 0.05) is 6.61 Å². The van der Waals surface area contributed by atoms with Crippen LogP contribution in [0.15, 0.2) is 6.33 Å². The molecule has 2 aromatic heterocycles. The first-order chi connectivity index (χ1) is 8.27. The highest BCUT2D eigenvalue weighted by molar-refractivity contribution is 5.81. The van der Waals surface area contributed by atoms with Gasteiger partial charge in [-0.2, -0.15) is 0 Å². The smallest absolute Gasteiger partial charge is 0.167 e. The second-order valence-corrected chi connectivity index (χ2v) is 4.28. The van der Waals surface area contributed by atoms with Crippen LogP contribution in [0.2, 0.25) is 0 Å². The van der Waals surface area contributed by atoms with Gasteiger partial charge in [-0.25, -0.2) is 15.0 Å². The summed E-state index contributed by atoms with van der Waals surface area (Å²) in [4.78, 5) is 12.6. The number of fused-ring (bicyclic) bond motifs is 1. The number of hydrogen-bond donors (Lipinski definition) is 1. The molecule has 17 heavy (non-hydrogen) atoms. The first kappa shape index (κ1) is 10.5. The van der Waals surface area contributed by atoms with E-state index in [0.29, 0.717) is 11.3 Å². The summed E-state index contributed by atoms with van der Waals surface area (Å²) in [5.74, 6) is 1.30. The number of anilines is 1. The molecule has 0 spiro atoms. The van der Waals surface area contributed by atoms with Crippen LogP contribution in [0.5, 0.6) is 0 Å². The molecular weight excluding hydrogens is 218 g/mol. The van der Waals surface area contributed by atoms with Crippen molar-refractivity contribution in [3.63, 3.8) is 0 Å². The van der Waals surface area contributed by atoms with Crippen LogP contribution in [-0.4, -0.2) is 26.1 Å². The third-order valence-electron chi connectivity index (χ3n) is 3.13. The molecule has 1 unspecified atom stereocenters. The maximum Gasteiger partial charge on any atom is 0.167 e. The van der Waals surface area contributed by atoms with Crippen LogP contribution in [0.1, 0.15) is 31.3 Å². The SMILES string of the molecule is Cc1nc2c(N)ncnc2n1C1CCCCO1. The Hall–Kier alpha value is -1.69. The molecule has 0 amide bonds. The number of imidazole rings is 1. The van der Waals surface area contributed by atoms with E-state index >= 15 is 0 Å². The second-order valence-electron chi connectivity index (χ2n) is 4.28. The lowest BCUT2D eigenvalue weighted by Gasteiger charge is -2.24. The largest absolute Gasteiger partial charge is 0.382 e. The molecule has 1 atom stereocenters. The summed E-state index contributed by atoms with van der Waals surface area (Å²) in [5, 5.41) is 0. The molecule has 1 saturated heterocycles. The van der Waals surface area contributed by atoms with Crippen LogP contribution in [0.3, 0.4) is 0 Å². The lowest BCUT2D eigenvalue weighted by Crippen LogP contribution is -2.19. The van der Waals surface area contributed by atoms with Gasteiger partial charge in [-0.05, 0) is 26.2 Å². The maximum absolute atomic E-state index is 5.80. The lowest BCUT2D eigenvalue weighted by molar-refractivity contribution is -0.0309. The van der Waals surface area contributed by atoms with Crippen molar-refractivity contribution in [1.82, 2.24) is 19.5 Å². The fraction of sp³-hybridized carbons (Fsp3) is 0.545. The fourth-order valence-electron chi connectivity index (χ4n) is 2.31. The average Bonchev–Trinajstić information content (AvgIpc) is 2.68. The minimum atomic E-state index is 0.0306. The monoisotopic (exact) mass is 233 g/mol. The maximum atomic E-state index is 5.80. The summed E-state index contributed by atoms with van der Waals surface area (Å²) in [6.07, 6.45) is 4.79. The van der Waals surface area contributed by atoms with E-state index in [4.69, 9.17) is 10.5 Å². The van der Waals surface area contributed by atoms with Gasteiger partial charge in [-0.15, -0.1) is 0 Å². The standard InChI is InChI=1S/C11H15N5O/c1-7-15-9-10(12)13-6-14-11(9)16(7)8-4-2-3-5-17-8/h6,8H,2-5H2,1H3,(H2,12,13,14). The Bertz CT molecular complexity index is 544. The van der Waals surface area contributed by atoms with Crippen LogP contribution < -0.4 is 5.73 Å². The summed E-state index contributed by atoms with van der Waals surface area (Å²) >= 11 is 0. The number of rotatable bonds is 1. The quantitative estimate of drug-likeness (QED) is 0.805. The Labute approximate surface area is 98.8 Å². The Morgan fingerprint density at radius 2 is 2.29 bits per heavy atom. The first-order valence-corrected chi connectivity index (χ1v) is 5.84. The molecular formula is C11H15N5O. The van der Waals surface area contributed by atoms with E-state index in [1.807, 2.05) is 11.5 Å². The fourth-order valence-corrected chi connectivity index (χ4v) is 2.31. The molecule has 2 aromatic rings. The van der Waals surface area contributed by atoms with Crippen LogP contribution in [0.25, 0.3) is 11.2 Å². The van der Waals surface area contributed by atoms with Crippen molar-refractivity contribution in [3.8, 4) is 0 Å². The Morgan fingerprint density at radius 1 is 1.41 bits per heavy atom. The van der Waals surface area contributed by atoms with Crippen molar-refractivity contribution in [2.75, 3.05) is 12.3 Å². The molecule has 1 aliphatic heterocycles. The van der Waals surface area contributed by atoms with Crippen molar-refractivity contribution in [1.29, 1.82) is 0 Å². The predicted molar refractivity (Wildman–Crippen MR) is 63.3 cm³/mol. The molecule has 6 nitrogen and oxygen atoms in total. The second kappa shape index (κ2) is 3.96. The summed E-state index contributed by atoms with van der Waals surface area (Å²) < 4.78 is 7.79. The summed E-state index contributed by atoms with van der Waals surface area (Å²) in [7, 11) is 0. The third-order valence-corrected chi connectivity index (χ3v) is 3.13. The van der Waals surface area contributed by atoms with Gasteiger partial charge in [0.1, 0.15) is 18.4 Å². The van der Waals surface area contributed by atoms with Gasteiger partial charge in [0.2, 0.25) is 0 Å². The molecule has 0 aromatic carbocycles. The highest BCUT2D eigenvalue weighted by Gasteiger charge is 2.21. The predicted octanol–water partition coefficient (Wildman–Crippen LogP) is 1.42. The number of nitrogens with two attached hydrogens (primary N) is 1. The van der Waals surface area contributed by atoms with Gasteiger partial charge in [0.25, 0.3) is 0 Å². The number of aryl methyl sites for hydroxylation is 1. The van der Waals surface area contributed by atoms with Crippen molar-refractivity contribution in [2.24, 2.45) is 0 Å². The summed E-state index contributed by atoms with van der Waals surface area (Å²) in [6, 6.07) is 0. The molecule has 0 aliphatic carbocycles. The minimum absolute atomic E-state index is 0.0306.